The van der Waals surface area contributed by atoms with Crippen molar-refractivity contribution in [1.82, 2.24) is 15.2 Å². The first kappa shape index (κ1) is 27.6. The second kappa shape index (κ2) is 14.0. The number of nitriles is 1. The van der Waals surface area contributed by atoms with E-state index in [1.165, 1.54) is 0 Å². The van der Waals surface area contributed by atoms with Gasteiger partial charge in [0.25, 0.3) is 5.91 Å². The number of hydrogen-bond donors (Lipinski definition) is 2. The summed E-state index contributed by atoms with van der Waals surface area (Å²) >= 11 is 0. The molecule has 11 heteroatoms. The summed E-state index contributed by atoms with van der Waals surface area (Å²) < 4.78 is 38.3. The Bertz CT molecular complexity index is 1100. The monoisotopic (exact) mass is 514 g/mol. The molecule has 0 radical (unpaired) electrons. The van der Waals surface area contributed by atoms with Crippen molar-refractivity contribution in [2.24, 2.45) is 10.9 Å². The van der Waals surface area contributed by atoms with Crippen LogP contribution in [-0.4, -0.2) is 55.6 Å². The lowest BCUT2D eigenvalue weighted by Gasteiger charge is -2.20. The van der Waals surface area contributed by atoms with E-state index in [0.29, 0.717) is 42.6 Å². The topological polar surface area (TPSA) is 112 Å². The predicted octanol–water partition coefficient (Wildman–Crippen LogP) is 4.33. The normalized spacial score (nSPS) is 15.3. The maximum absolute atomic E-state index is 13.8. The lowest BCUT2D eigenvalue weighted by molar-refractivity contribution is 0.0779. The number of aliphatic imine (C=N–C) groups is 1. The van der Waals surface area contributed by atoms with Crippen molar-refractivity contribution in [1.29, 1.82) is 5.26 Å². The molecule has 0 spiro atoms. The number of methoxy groups -OCH3 is 2. The zero-order valence-electron chi connectivity index (χ0n) is 21.1. The second-order valence-corrected chi connectivity index (χ2v) is 8.72. The molecule has 0 bridgehead atoms. The molecule has 1 aromatic heterocycles. The largest absolute Gasteiger partial charge is 0.496 e. The van der Waals surface area contributed by atoms with Gasteiger partial charge in [0, 0.05) is 19.6 Å². The molecule has 1 atom stereocenters. The standard InChI is InChI=1S/C26H32F2N6O3/c1-36-21-9-7-10-22(37-2)23(21)25(35)34-13-11-18(16-34)8-5-3-4-6-12-31-26(32-17-29)33-24-19(27)14-30-15-20(24)28/h7,9-10,14-15,18H,3-6,8,11-13,16H2,1-2H3,(H2,30,31,32,33). The summed E-state index contributed by atoms with van der Waals surface area (Å²) in [5.41, 5.74) is 0.0487. The molecule has 2 aromatic rings. The maximum Gasteiger partial charge on any atom is 0.261 e. The average molecular weight is 515 g/mol. The van der Waals surface area contributed by atoms with Gasteiger partial charge in [-0.2, -0.15) is 5.26 Å². The molecule has 2 N–H and O–H groups in total. The average Bonchev–Trinajstić information content (AvgIpc) is 3.38. The molecular weight excluding hydrogens is 482 g/mol. The van der Waals surface area contributed by atoms with E-state index in [0.717, 1.165) is 50.9 Å². The van der Waals surface area contributed by atoms with Crippen LogP contribution >= 0.6 is 0 Å². The van der Waals surface area contributed by atoms with Gasteiger partial charge in [-0.3, -0.25) is 20.1 Å². The molecule has 1 fully saturated rings. The van der Waals surface area contributed by atoms with Gasteiger partial charge >= 0.3 is 0 Å². The van der Waals surface area contributed by atoms with E-state index in [1.54, 1.807) is 38.6 Å². The van der Waals surface area contributed by atoms with Crippen LogP contribution in [0.5, 0.6) is 11.5 Å². The number of amides is 1. The van der Waals surface area contributed by atoms with Crippen LogP contribution in [0, 0.1) is 29.0 Å². The van der Waals surface area contributed by atoms with Crippen LogP contribution in [-0.2, 0) is 0 Å². The first-order chi connectivity index (χ1) is 18.0. The lowest BCUT2D eigenvalue weighted by atomic mass is 10.00. The molecule has 1 saturated heterocycles. The van der Waals surface area contributed by atoms with Crippen molar-refractivity contribution in [3.05, 3.63) is 47.8 Å². The van der Waals surface area contributed by atoms with Crippen LogP contribution in [0.15, 0.2) is 35.6 Å². The predicted molar refractivity (Wildman–Crippen MR) is 135 cm³/mol. The van der Waals surface area contributed by atoms with Crippen molar-refractivity contribution in [2.75, 3.05) is 39.2 Å². The van der Waals surface area contributed by atoms with Gasteiger partial charge in [0.1, 0.15) is 22.7 Å². The highest BCUT2D eigenvalue weighted by molar-refractivity contribution is 6.00. The minimum atomic E-state index is -0.873. The van der Waals surface area contributed by atoms with E-state index in [1.807, 2.05) is 4.90 Å². The van der Waals surface area contributed by atoms with Crippen molar-refractivity contribution < 1.29 is 23.0 Å². The number of pyridine rings is 1. The number of rotatable bonds is 11. The zero-order valence-corrected chi connectivity index (χ0v) is 21.1. The molecule has 1 aromatic carbocycles. The molecule has 1 amide bonds. The Kier molecular flexibility index (Phi) is 10.4. The Morgan fingerprint density at radius 1 is 1.16 bits per heavy atom. The molecule has 1 aliphatic rings. The number of hydrogen-bond acceptors (Lipinski definition) is 6. The Hall–Kier alpha value is -3.94. The van der Waals surface area contributed by atoms with Gasteiger partial charge in [-0.05, 0) is 37.3 Å². The Morgan fingerprint density at radius 3 is 2.49 bits per heavy atom. The van der Waals surface area contributed by atoms with Crippen molar-refractivity contribution in [3.63, 3.8) is 0 Å². The zero-order chi connectivity index (χ0) is 26.6. The summed E-state index contributed by atoms with van der Waals surface area (Å²) in [7, 11) is 3.09. The molecule has 9 nitrogen and oxygen atoms in total. The summed E-state index contributed by atoms with van der Waals surface area (Å²) in [6.45, 7) is 1.82. The number of likely N-dealkylation sites (tertiary alicyclic amines) is 1. The highest BCUT2D eigenvalue weighted by Crippen LogP contribution is 2.32. The molecule has 37 heavy (non-hydrogen) atoms. The third-order valence-electron chi connectivity index (χ3n) is 6.28. The fraction of sp³-hybridized carbons (Fsp3) is 0.462. The van der Waals surface area contributed by atoms with Crippen LogP contribution in [0.4, 0.5) is 14.5 Å². The number of nitrogens with zero attached hydrogens (tertiary/aromatic N) is 4. The number of unbranched alkanes of at least 4 members (excludes halogenated alkanes) is 3. The molecule has 2 heterocycles. The van der Waals surface area contributed by atoms with Gasteiger partial charge in [0.15, 0.2) is 17.8 Å². The van der Waals surface area contributed by atoms with E-state index in [2.05, 4.69) is 20.6 Å². The van der Waals surface area contributed by atoms with Crippen LogP contribution in [0.2, 0.25) is 0 Å². The fourth-order valence-corrected chi connectivity index (χ4v) is 4.37. The Labute approximate surface area is 215 Å². The first-order valence-electron chi connectivity index (χ1n) is 12.2. The van der Waals surface area contributed by atoms with E-state index >= 15 is 0 Å². The number of ether oxygens (including phenoxy) is 2. The summed E-state index contributed by atoms with van der Waals surface area (Å²) in [6, 6.07) is 5.32. The molecule has 3 rings (SSSR count). The third-order valence-corrected chi connectivity index (χ3v) is 6.28. The maximum atomic E-state index is 13.8. The van der Waals surface area contributed by atoms with Crippen LogP contribution in [0.25, 0.3) is 0 Å². The van der Waals surface area contributed by atoms with Crippen LogP contribution < -0.4 is 20.1 Å². The number of aromatic nitrogens is 1. The van der Waals surface area contributed by atoms with E-state index in [4.69, 9.17) is 14.7 Å². The minimum Gasteiger partial charge on any atom is -0.496 e. The molecule has 198 valence electrons. The first-order valence-corrected chi connectivity index (χ1v) is 12.2. The number of halogens is 2. The summed E-state index contributed by atoms with van der Waals surface area (Å²) in [5.74, 6) is -0.373. The Morgan fingerprint density at radius 2 is 1.84 bits per heavy atom. The quantitative estimate of drug-likeness (QED) is 0.151. The molecule has 0 aliphatic carbocycles. The van der Waals surface area contributed by atoms with Gasteiger partial charge in [-0.25, -0.2) is 8.78 Å². The lowest BCUT2D eigenvalue weighted by Crippen LogP contribution is -2.29. The number of guanidine groups is 1. The molecular formula is C26H32F2N6O3. The highest BCUT2D eigenvalue weighted by Gasteiger charge is 2.30. The number of nitrogens with one attached hydrogen (secondary N) is 2. The van der Waals surface area contributed by atoms with Gasteiger partial charge in [0.2, 0.25) is 5.96 Å². The van der Waals surface area contributed by atoms with E-state index in [-0.39, 0.29) is 11.9 Å². The van der Waals surface area contributed by atoms with Crippen molar-refractivity contribution in [3.8, 4) is 17.7 Å². The number of benzene rings is 1. The van der Waals surface area contributed by atoms with Gasteiger partial charge in [0.05, 0.1) is 26.6 Å². The van der Waals surface area contributed by atoms with Gasteiger partial charge < -0.3 is 19.7 Å². The van der Waals surface area contributed by atoms with Crippen LogP contribution in [0.3, 0.4) is 0 Å². The van der Waals surface area contributed by atoms with Gasteiger partial charge in [-0.1, -0.05) is 25.3 Å². The summed E-state index contributed by atoms with van der Waals surface area (Å²) in [6.07, 6.45) is 9.18. The van der Waals surface area contributed by atoms with E-state index in [9.17, 15) is 13.6 Å². The summed E-state index contributed by atoms with van der Waals surface area (Å²) in [4.78, 5) is 22.6. The molecule has 0 saturated carbocycles. The SMILES string of the molecule is COc1cccc(OC)c1C(=O)N1CCC(CCCCCCN=C(NC#N)Nc2c(F)cncc2F)C1. The number of carbonyl (C=O) groups excluding carboxylic acids is 1. The smallest absolute Gasteiger partial charge is 0.261 e. The van der Waals surface area contributed by atoms with E-state index < -0.39 is 17.3 Å². The summed E-state index contributed by atoms with van der Waals surface area (Å²) in [5, 5.41) is 13.7. The van der Waals surface area contributed by atoms with Gasteiger partial charge in [-0.15, -0.1) is 0 Å². The minimum absolute atomic E-state index is 0.0195. The molecule has 1 aliphatic heterocycles. The number of carbonyl (C=O) groups is 1. The third kappa shape index (κ3) is 7.52. The second-order valence-electron chi connectivity index (χ2n) is 8.72. The fourth-order valence-electron chi connectivity index (χ4n) is 4.37. The number of anilines is 1. The van der Waals surface area contributed by atoms with Crippen LogP contribution in [0.1, 0.15) is 48.9 Å². The van der Waals surface area contributed by atoms with Crippen molar-refractivity contribution >= 4 is 17.6 Å². The van der Waals surface area contributed by atoms with Crippen molar-refractivity contribution in [2.45, 2.75) is 38.5 Å². The highest BCUT2D eigenvalue weighted by atomic mass is 19.1. The molecule has 1 unspecified atom stereocenters. The Balaban J connectivity index is 1.39.